The molecule has 0 saturated carbocycles. The van der Waals surface area contributed by atoms with E-state index in [0.29, 0.717) is 20.9 Å². The van der Waals surface area contributed by atoms with E-state index < -0.39 is 0 Å². The van der Waals surface area contributed by atoms with E-state index in [4.69, 9.17) is 5.73 Å². The Morgan fingerprint density at radius 3 is 2.88 bits per heavy atom. The second kappa shape index (κ2) is 4.85. The Morgan fingerprint density at radius 2 is 2.29 bits per heavy atom. The number of hydrogen-bond acceptors (Lipinski definition) is 4. The molecule has 2 aromatic rings. The van der Waals surface area contributed by atoms with Crippen LogP contribution in [0, 0.1) is 6.92 Å². The Morgan fingerprint density at radius 1 is 1.53 bits per heavy atom. The van der Waals surface area contributed by atoms with Crippen molar-refractivity contribution in [3.8, 4) is 0 Å². The van der Waals surface area contributed by atoms with Gasteiger partial charge < -0.3 is 5.73 Å². The van der Waals surface area contributed by atoms with Crippen LogP contribution in [0.4, 0.5) is 10.8 Å². The minimum Gasteiger partial charge on any atom is -0.398 e. The molecule has 0 saturated heterocycles. The fourth-order valence-electron chi connectivity index (χ4n) is 1.25. The summed E-state index contributed by atoms with van der Waals surface area (Å²) in [5, 5.41) is 3.33. The molecule has 4 nitrogen and oxygen atoms in total. The maximum absolute atomic E-state index is 11.9. The number of aromatic nitrogens is 1. The van der Waals surface area contributed by atoms with Crippen molar-refractivity contribution >= 4 is 44.0 Å². The van der Waals surface area contributed by atoms with Gasteiger partial charge in [0.25, 0.3) is 5.91 Å². The highest BCUT2D eigenvalue weighted by Gasteiger charge is 2.09. The lowest BCUT2D eigenvalue weighted by Gasteiger charge is -2.03. The Labute approximate surface area is 111 Å². The highest BCUT2D eigenvalue weighted by Crippen LogP contribution is 2.22. The molecule has 0 radical (unpaired) electrons. The Balaban J connectivity index is 2.17. The van der Waals surface area contributed by atoms with Crippen molar-refractivity contribution in [3.63, 3.8) is 0 Å². The lowest BCUT2D eigenvalue weighted by Crippen LogP contribution is -2.11. The third-order valence-electron chi connectivity index (χ3n) is 2.10. The van der Waals surface area contributed by atoms with Gasteiger partial charge in [0.1, 0.15) is 0 Å². The third kappa shape index (κ3) is 2.83. The van der Waals surface area contributed by atoms with Gasteiger partial charge >= 0.3 is 0 Å². The maximum Gasteiger partial charge on any atom is 0.257 e. The van der Waals surface area contributed by atoms with Crippen molar-refractivity contribution in [2.45, 2.75) is 6.92 Å². The minimum atomic E-state index is -0.194. The number of nitrogen functional groups attached to an aromatic ring is 1. The van der Waals surface area contributed by atoms with E-state index in [2.05, 4.69) is 26.2 Å². The first-order valence-corrected chi connectivity index (χ1v) is 6.46. The predicted molar refractivity (Wildman–Crippen MR) is 73.4 cm³/mol. The molecule has 0 bridgehead atoms. The zero-order valence-corrected chi connectivity index (χ0v) is 11.4. The van der Waals surface area contributed by atoms with E-state index in [1.54, 1.807) is 24.4 Å². The molecule has 0 unspecified atom stereocenters. The van der Waals surface area contributed by atoms with Crippen LogP contribution in [0.15, 0.2) is 28.9 Å². The molecule has 17 heavy (non-hydrogen) atoms. The van der Waals surface area contributed by atoms with Gasteiger partial charge in [-0.1, -0.05) is 0 Å². The number of amides is 1. The molecule has 1 heterocycles. The maximum atomic E-state index is 11.9. The molecule has 2 rings (SSSR count). The molecule has 0 aliphatic rings. The molecule has 1 aromatic heterocycles. The molecule has 6 heteroatoms. The predicted octanol–water partition coefficient (Wildman–Crippen LogP) is 3.05. The molecule has 1 amide bonds. The summed E-state index contributed by atoms with van der Waals surface area (Å²) in [4.78, 5) is 17.0. The molecule has 0 aliphatic heterocycles. The van der Waals surface area contributed by atoms with Crippen LogP contribution in [0.3, 0.4) is 0 Å². The summed E-state index contributed by atoms with van der Waals surface area (Å²) < 4.78 is 0.709. The molecule has 3 N–H and O–H groups in total. The molecule has 0 fully saturated rings. The van der Waals surface area contributed by atoms with Crippen LogP contribution < -0.4 is 11.1 Å². The number of anilines is 2. The number of nitrogens with zero attached hydrogens (tertiary/aromatic N) is 1. The molecular formula is C11H10BrN3OS. The van der Waals surface area contributed by atoms with Gasteiger partial charge in [0.2, 0.25) is 0 Å². The number of carbonyl (C=O) groups is 1. The summed E-state index contributed by atoms with van der Waals surface area (Å²) in [6, 6.07) is 5.05. The zero-order valence-electron chi connectivity index (χ0n) is 9.03. The van der Waals surface area contributed by atoms with Crippen molar-refractivity contribution in [3.05, 3.63) is 39.3 Å². The van der Waals surface area contributed by atoms with Crippen LogP contribution in [0.25, 0.3) is 0 Å². The third-order valence-corrected chi connectivity index (χ3v) is 3.62. The number of benzene rings is 1. The van der Waals surface area contributed by atoms with Crippen molar-refractivity contribution in [1.29, 1.82) is 0 Å². The fourth-order valence-corrected chi connectivity index (χ4v) is 2.29. The number of rotatable bonds is 2. The molecule has 0 spiro atoms. The first-order chi connectivity index (χ1) is 8.06. The van der Waals surface area contributed by atoms with Gasteiger partial charge in [-0.15, -0.1) is 11.3 Å². The van der Waals surface area contributed by atoms with Gasteiger partial charge in [0, 0.05) is 26.8 Å². The highest BCUT2D eigenvalue weighted by atomic mass is 79.9. The first-order valence-electron chi connectivity index (χ1n) is 4.85. The summed E-state index contributed by atoms with van der Waals surface area (Å²) in [6.45, 7) is 1.94. The SMILES string of the molecule is Cc1cnc(NC(=O)c2ccc(N)c(Br)c2)s1. The van der Waals surface area contributed by atoms with Crippen molar-refractivity contribution in [2.24, 2.45) is 0 Å². The van der Waals surface area contributed by atoms with Gasteiger partial charge in [-0.25, -0.2) is 4.98 Å². The summed E-state index contributed by atoms with van der Waals surface area (Å²) in [5.41, 5.74) is 6.80. The Hall–Kier alpha value is -1.40. The van der Waals surface area contributed by atoms with E-state index in [9.17, 15) is 4.79 Å². The van der Waals surface area contributed by atoms with Gasteiger partial charge in [0.05, 0.1) is 0 Å². The lowest BCUT2D eigenvalue weighted by molar-refractivity contribution is 0.102. The Kier molecular flexibility index (Phi) is 3.44. The lowest BCUT2D eigenvalue weighted by atomic mass is 10.2. The van der Waals surface area contributed by atoms with Crippen LogP contribution in [-0.4, -0.2) is 10.9 Å². The van der Waals surface area contributed by atoms with Crippen LogP contribution in [0.1, 0.15) is 15.2 Å². The second-order valence-electron chi connectivity index (χ2n) is 3.47. The van der Waals surface area contributed by atoms with Crippen LogP contribution in [0.2, 0.25) is 0 Å². The number of nitrogens with two attached hydrogens (primary N) is 1. The van der Waals surface area contributed by atoms with Crippen LogP contribution in [-0.2, 0) is 0 Å². The standard InChI is InChI=1S/C11H10BrN3OS/c1-6-5-14-11(17-6)15-10(16)7-2-3-9(13)8(12)4-7/h2-5H,13H2,1H3,(H,14,15,16). The monoisotopic (exact) mass is 311 g/mol. The summed E-state index contributed by atoms with van der Waals surface area (Å²) in [6.07, 6.45) is 1.72. The van der Waals surface area contributed by atoms with E-state index in [1.807, 2.05) is 6.92 Å². The summed E-state index contributed by atoms with van der Waals surface area (Å²) in [7, 11) is 0. The van der Waals surface area contributed by atoms with E-state index in [1.165, 1.54) is 11.3 Å². The zero-order chi connectivity index (χ0) is 12.4. The number of carbonyl (C=O) groups excluding carboxylic acids is 1. The van der Waals surface area contributed by atoms with Crippen LogP contribution in [0.5, 0.6) is 0 Å². The first kappa shape index (κ1) is 12.1. The quantitative estimate of drug-likeness (QED) is 0.838. The number of nitrogens with one attached hydrogen (secondary N) is 1. The topological polar surface area (TPSA) is 68.0 Å². The Bertz CT molecular complexity index is 568. The summed E-state index contributed by atoms with van der Waals surface area (Å²) >= 11 is 4.72. The van der Waals surface area contributed by atoms with Gasteiger partial charge in [-0.05, 0) is 41.1 Å². The largest absolute Gasteiger partial charge is 0.398 e. The van der Waals surface area contributed by atoms with Crippen molar-refractivity contribution < 1.29 is 4.79 Å². The number of halogens is 1. The van der Waals surface area contributed by atoms with Gasteiger partial charge in [0.15, 0.2) is 5.13 Å². The van der Waals surface area contributed by atoms with Crippen molar-refractivity contribution in [2.75, 3.05) is 11.1 Å². The van der Waals surface area contributed by atoms with Crippen LogP contribution >= 0.6 is 27.3 Å². The smallest absolute Gasteiger partial charge is 0.257 e. The molecule has 88 valence electrons. The molecule has 0 aliphatic carbocycles. The number of aryl methyl sites for hydroxylation is 1. The van der Waals surface area contributed by atoms with E-state index in [-0.39, 0.29) is 5.91 Å². The molecular weight excluding hydrogens is 302 g/mol. The minimum absolute atomic E-state index is 0.194. The average molecular weight is 312 g/mol. The highest BCUT2D eigenvalue weighted by molar-refractivity contribution is 9.10. The normalized spacial score (nSPS) is 10.2. The number of thiazole rings is 1. The fraction of sp³-hybridized carbons (Fsp3) is 0.0909. The number of hydrogen-bond donors (Lipinski definition) is 2. The van der Waals surface area contributed by atoms with E-state index >= 15 is 0 Å². The van der Waals surface area contributed by atoms with Gasteiger partial charge in [-0.3, -0.25) is 10.1 Å². The molecule has 1 aromatic carbocycles. The second-order valence-corrected chi connectivity index (χ2v) is 5.56. The average Bonchev–Trinajstić information content (AvgIpc) is 2.68. The summed E-state index contributed by atoms with van der Waals surface area (Å²) in [5.74, 6) is -0.194. The van der Waals surface area contributed by atoms with Crippen molar-refractivity contribution in [1.82, 2.24) is 4.98 Å². The van der Waals surface area contributed by atoms with E-state index in [0.717, 1.165) is 4.88 Å². The molecule has 0 atom stereocenters. The van der Waals surface area contributed by atoms with Gasteiger partial charge in [-0.2, -0.15) is 0 Å².